The van der Waals surface area contributed by atoms with Gasteiger partial charge in [-0.2, -0.15) is 0 Å². The van der Waals surface area contributed by atoms with Crippen LogP contribution >= 0.6 is 0 Å². The molecule has 0 saturated heterocycles. The Morgan fingerprint density at radius 3 is 0.640 bits per heavy atom. The van der Waals surface area contributed by atoms with Gasteiger partial charge in [0.15, 0.2) is 0 Å². The second-order valence-corrected chi connectivity index (χ2v) is 4.30. The summed E-state index contributed by atoms with van der Waals surface area (Å²) in [5.41, 5.74) is -0.222. The first-order chi connectivity index (χ1) is 11.2. The topological polar surface area (TPSA) is 161 Å². The van der Waals surface area contributed by atoms with Gasteiger partial charge in [0.1, 0.15) is 0 Å². The van der Waals surface area contributed by atoms with Crippen molar-refractivity contribution >= 4 is 23.9 Å². The number of hydrogen-bond donors (Lipinski definition) is 0. The Hall–Kier alpha value is -3.06. The molecule has 0 aliphatic heterocycles. The van der Waals surface area contributed by atoms with Gasteiger partial charge in [0.05, 0.1) is 23.9 Å². The normalized spacial score (nSPS) is 8.96. The van der Waals surface area contributed by atoms with Gasteiger partial charge in [-0.1, -0.05) is 48.5 Å². The van der Waals surface area contributed by atoms with Gasteiger partial charge in [-0.3, -0.25) is 0 Å². The molecule has 0 amide bonds. The molecule has 0 aromatic heterocycles. The van der Waals surface area contributed by atoms with E-state index >= 15 is 0 Å². The van der Waals surface area contributed by atoms with Crippen molar-refractivity contribution in [3.63, 3.8) is 0 Å². The molecule has 0 radical (unpaired) electrons. The van der Waals surface area contributed by atoms with Gasteiger partial charge in [-0.15, -0.1) is 0 Å². The van der Waals surface area contributed by atoms with Crippen molar-refractivity contribution in [3.05, 3.63) is 70.8 Å². The molecule has 0 aliphatic carbocycles. The largest absolute Gasteiger partial charge is 4.00 e. The third kappa shape index (κ3) is 6.93. The molecule has 0 atom stereocenters. The summed E-state index contributed by atoms with van der Waals surface area (Å²) in [6.45, 7) is 0. The predicted octanol–water partition coefficient (Wildman–Crippen LogP) is -3.18. The van der Waals surface area contributed by atoms with Crippen LogP contribution in [0.2, 0.25) is 0 Å². The molecule has 0 bridgehead atoms. The van der Waals surface area contributed by atoms with Crippen LogP contribution in [0.5, 0.6) is 0 Å². The van der Waals surface area contributed by atoms with E-state index in [2.05, 4.69) is 0 Å². The Bertz CT molecular complexity index is 632. The fourth-order valence-electron chi connectivity index (χ4n) is 1.48. The predicted molar refractivity (Wildman–Crippen MR) is 70.2 cm³/mol. The molecule has 128 valence electrons. The maximum Gasteiger partial charge on any atom is 4.00 e. The summed E-state index contributed by atoms with van der Waals surface area (Å²) in [5.74, 6) is -5.33. The number of carbonyl (C=O) groups is 4. The van der Waals surface area contributed by atoms with Crippen LogP contribution in [0.4, 0.5) is 0 Å². The number of benzene rings is 2. The van der Waals surface area contributed by atoms with E-state index < -0.39 is 23.9 Å². The van der Waals surface area contributed by atoms with E-state index in [-0.39, 0.29) is 41.7 Å². The second kappa shape index (κ2) is 9.94. The smallest absolute Gasteiger partial charge is 0.545 e. The van der Waals surface area contributed by atoms with Gasteiger partial charge in [-0.05, 0) is 22.3 Å². The van der Waals surface area contributed by atoms with Crippen LogP contribution < -0.4 is 20.4 Å². The molecule has 8 nitrogen and oxygen atoms in total. The summed E-state index contributed by atoms with van der Waals surface area (Å²) >= 11 is 0. The molecule has 2 aromatic rings. The van der Waals surface area contributed by atoms with Crippen LogP contribution in [-0.4, -0.2) is 23.9 Å². The third-order valence-electron chi connectivity index (χ3n) is 2.71. The average Bonchev–Trinajstić information content (AvgIpc) is 2.55. The molecule has 2 rings (SSSR count). The van der Waals surface area contributed by atoms with Crippen molar-refractivity contribution in [2.24, 2.45) is 0 Å². The van der Waals surface area contributed by atoms with Crippen molar-refractivity contribution in [2.45, 2.75) is 0 Å². The Labute approximate surface area is 154 Å². The zero-order valence-corrected chi connectivity index (χ0v) is 14.0. The number of aromatic carboxylic acids is 4. The van der Waals surface area contributed by atoms with E-state index in [0.717, 1.165) is 48.5 Å². The van der Waals surface area contributed by atoms with E-state index in [4.69, 9.17) is 0 Å². The van der Waals surface area contributed by atoms with Gasteiger partial charge in [-0.25, -0.2) is 0 Å². The molecule has 0 unspecified atom stereocenters. The minimum atomic E-state index is -1.33. The van der Waals surface area contributed by atoms with E-state index in [1.165, 1.54) is 0 Å². The van der Waals surface area contributed by atoms with E-state index in [0.29, 0.717) is 0 Å². The quantitative estimate of drug-likeness (QED) is 0.460. The summed E-state index contributed by atoms with van der Waals surface area (Å²) in [6, 6.07) is 9.23. The van der Waals surface area contributed by atoms with Crippen LogP contribution in [-0.2, 0) is 19.5 Å². The minimum absolute atomic E-state index is 0. The molecular formula is C16H8O8Ru. The summed E-state index contributed by atoms with van der Waals surface area (Å²) in [4.78, 5) is 40.8. The maximum absolute atomic E-state index is 10.2. The summed E-state index contributed by atoms with van der Waals surface area (Å²) in [5, 5.41) is 40.8. The molecule has 0 spiro atoms. The zero-order valence-electron chi connectivity index (χ0n) is 12.2. The van der Waals surface area contributed by atoms with Crippen molar-refractivity contribution in [1.29, 1.82) is 0 Å². The van der Waals surface area contributed by atoms with E-state index in [1.807, 2.05) is 0 Å². The number of carboxylic acid groups (broad SMARTS) is 4. The molecule has 25 heavy (non-hydrogen) atoms. The zero-order chi connectivity index (χ0) is 18.3. The Balaban J connectivity index is 0.000000443. The van der Waals surface area contributed by atoms with Gasteiger partial charge >= 0.3 is 19.5 Å². The SMILES string of the molecule is O=C([O-])c1ccc(C(=O)[O-])cc1.O=C([O-])c1ccc(C(=O)[O-])cc1.[Ru+4]. The monoisotopic (exact) mass is 430 g/mol. The summed E-state index contributed by atoms with van der Waals surface area (Å²) < 4.78 is 0. The molecule has 0 saturated carbocycles. The number of carbonyl (C=O) groups excluding carboxylic acids is 4. The third-order valence-corrected chi connectivity index (χ3v) is 2.71. The standard InChI is InChI=1S/2C8H6O4.Ru/c2*9-7(10)5-1-2-6(4-3-5)8(11)12;/h2*1-4H,(H,9,10)(H,11,12);/q;;+4/p-4. The molecule has 0 heterocycles. The summed E-state index contributed by atoms with van der Waals surface area (Å²) in [7, 11) is 0. The minimum Gasteiger partial charge on any atom is -0.545 e. The number of carboxylic acids is 4. The van der Waals surface area contributed by atoms with Gasteiger partial charge in [0, 0.05) is 0 Å². The first-order valence-corrected chi connectivity index (χ1v) is 6.28. The number of rotatable bonds is 4. The Morgan fingerprint density at radius 2 is 0.560 bits per heavy atom. The molecule has 0 aliphatic rings. The maximum atomic E-state index is 10.2. The van der Waals surface area contributed by atoms with Crippen molar-refractivity contribution < 1.29 is 59.1 Å². The fraction of sp³-hybridized carbons (Fsp3) is 0. The van der Waals surface area contributed by atoms with Gasteiger partial charge in [0.2, 0.25) is 0 Å². The van der Waals surface area contributed by atoms with Crippen LogP contribution in [0.15, 0.2) is 48.5 Å². The van der Waals surface area contributed by atoms with Gasteiger partial charge in [0.25, 0.3) is 0 Å². The Morgan fingerprint density at radius 1 is 0.440 bits per heavy atom. The van der Waals surface area contributed by atoms with Crippen molar-refractivity contribution in [3.8, 4) is 0 Å². The first kappa shape index (κ1) is 21.9. The van der Waals surface area contributed by atoms with Crippen LogP contribution in [0.25, 0.3) is 0 Å². The van der Waals surface area contributed by atoms with E-state index in [1.54, 1.807) is 0 Å². The van der Waals surface area contributed by atoms with Crippen LogP contribution in [0.1, 0.15) is 41.4 Å². The molecule has 2 aromatic carbocycles. The Kier molecular flexibility index (Phi) is 8.73. The van der Waals surface area contributed by atoms with Crippen LogP contribution in [0.3, 0.4) is 0 Å². The van der Waals surface area contributed by atoms with Gasteiger partial charge < -0.3 is 39.6 Å². The van der Waals surface area contributed by atoms with Crippen molar-refractivity contribution in [1.82, 2.24) is 0 Å². The molecule has 9 heteroatoms. The van der Waals surface area contributed by atoms with Crippen LogP contribution in [0, 0.1) is 0 Å². The second-order valence-electron chi connectivity index (χ2n) is 4.30. The molecular weight excluding hydrogens is 421 g/mol. The fourth-order valence-corrected chi connectivity index (χ4v) is 1.48. The molecule has 0 fully saturated rings. The first-order valence-electron chi connectivity index (χ1n) is 6.28. The number of hydrogen-bond acceptors (Lipinski definition) is 8. The summed E-state index contributed by atoms with van der Waals surface area (Å²) in [6.07, 6.45) is 0. The van der Waals surface area contributed by atoms with E-state index in [9.17, 15) is 39.6 Å². The average molecular weight is 429 g/mol. The molecule has 0 N–H and O–H groups in total. The van der Waals surface area contributed by atoms with Crippen molar-refractivity contribution in [2.75, 3.05) is 0 Å².